The van der Waals surface area contributed by atoms with Crippen molar-refractivity contribution < 1.29 is 9.53 Å². The van der Waals surface area contributed by atoms with E-state index in [9.17, 15) is 4.79 Å². The topological polar surface area (TPSA) is 64.3 Å². The van der Waals surface area contributed by atoms with Gasteiger partial charge in [-0.25, -0.2) is 0 Å². The Bertz CT molecular complexity index is 333. The summed E-state index contributed by atoms with van der Waals surface area (Å²) in [5.41, 5.74) is 6.74. The van der Waals surface area contributed by atoms with Crippen molar-refractivity contribution in [2.45, 2.75) is 18.9 Å². The Balaban J connectivity index is 2.60. The maximum absolute atomic E-state index is 10.2. The van der Waals surface area contributed by atoms with Crippen molar-refractivity contribution in [1.82, 2.24) is 5.32 Å². The molecule has 0 unspecified atom stereocenters. The monoisotopic (exact) mass is 222 g/mol. The molecule has 4 heteroatoms. The molecule has 1 rings (SSSR count). The third-order valence-corrected chi connectivity index (χ3v) is 2.36. The fourth-order valence-corrected chi connectivity index (χ4v) is 1.55. The predicted octanol–water partition coefficient (Wildman–Crippen LogP) is 0.701. The Morgan fingerprint density at radius 3 is 2.56 bits per heavy atom. The summed E-state index contributed by atoms with van der Waals surface area (Å²) in [6.07, 6.45) is 1.37. The lowest BCUT2D eigenvalue weighted by Gasteiger charge is -2.24. The van der Waals surface area contributed by atoms with Crippen molar-refractivity contribution in [2.24, 2.45) is 5.73 Å². The quantitative estimate of drug-likeness (QED) is 0.696. The molecule has 0 saturated carbocycles. The number of ether oxygens (including phenoxy) is 1. The van der Waals surface area contributed by atoms with Crippen LogP contribution in [0.3, 0.4) is 0 Å². The smallest absolute Gasteiger partial charge is 0.207 e. The number of rotatable bonds is 6. The third kappa shape index (κ3) is 3.90. The molecule has 0 aliphatic carbocycles. The zero-order valence-corrected chi connectivity index (χ0v) is 9.69. The van der Waals surface area contributed by atoms with E-state index in [0.717, 1.165) is 11.3 Å². The van der Waals surface area contributed by atoms with Crippen molar-refractivity contribution >= 4 is 6.41 Å². The maximum Gasteiger partial charge on any atom is 0.207 e. The molecule has 0 aliphatic rings. The van der Waals surface area contributed by atoms with E-state index in [-0.39, 0.29) is 0 Å². The molecule has 4 nitrogen and oxygen atoms in total. The third-order valence-electron chi connectivity index (χ3n) is 2.36. The van der Waals surface area contributed by atoms with Crippen molar-refractivity contribution in [3.8, 4) is 5.75 Å². The Hall–Kier alpha value is -1.55. The van der Waals surface area contributed by atoms with Crippen molar-refractivity contribution in [1.29, 1.82) is 0 Å². The molecular formula is C12H18N2O2. The zero-order chi connectivity index (χ0) is 12.0. The van der Waals surface area contributed by atoms with Crippen LogP contribution < -0.4 is 15.8 Å². The first-order chi connectivity index (χ1) is 7.57. The van der Waals surface area contributed by atoms with E-state index in [1.165, 1.54) is 0 Å². The molecule has 0 aliphatic heterocycles. The first-order valence-electron chi connectivity index (χ1n) is 5.16. The Morgan fingerprint density at radius 1 is 1.44 bits per heavy atom. The van der Waals surface area contributed by atoms with Gasteiger partial charge in [0.2, 0.25) is 6.41 Å². The summed E-state index contributed by atoms with van der Waals surface area (Å²) in [6.45, 7) is 2.37. The Kier molecular flexibility index (Phi) is 4.31. The van der Waals surface area contributed by atoms with Crippen molar-refractivity contribution in [3.05, 3.63) is 29.8 Å². The van der Waals surface area contributed by atoms with Gasteiger partial charge in [-0.2, -0.15) is 0 Å². The summed E-state index contributed by atoms with van der Waals surface area (Å²) in [7, 11) is 1.63. The fourth-order valence-electron chi connectivity index (χ4n) is 1.55. The molecule has 0 saturated heterocycles. The van der Waals surface area contributed by atoms with Crippen LogP contribution in [-0.2, 0) is 11.2 Å². The van der Waals surface area contributed by atoms with E-state index < -0.39 is 5.54 Å². The molecule has 0 radical (unpaired) electrons. The number of hydrogen-bond donors (Lipinski definition) is 2. The van der Waals surface area contributed by atoms with Crippen LogP contribution in [-0.4, -0.2) is 25.6 Å². The van der Waals surface area contributed by atoms with E-state index >= 15 is 0 Å². The Morgan fingerprint density at radius 2 is 2.06 bits per heavy atom. The second-order valence-corrected chi connectivity index (χ2v) is 4.18. The largest absolute Gasteiger partial charge is 0.497 e. The van der Waals surface area contributed by atoms with Gasteiger partial charge in [-0.05, 0) is 31.0 Å². The van der Waals surface area contributed by atoms with Crippen LogP contribution in [0.2, 0.25) is 0 Å². The van der Waals surface area contributed by atoms with Gasteiger partial charge < -0.3 is 15.8 Å². The zero-order valence-electron chi connectivity index (χ0n) is 9.69. The number of amides is 1. The average molecular weight is 222 g/mol. The van der Waals surface area contributed by atoms with Crippen LogP contribution in [0.15, 0.2) is 24.3 Å². The number of nitrogens with two attached hydrogens (primary N) is 1. The molecule has 0 heterocycles. The summed E-state index contributed by atoms with van der Waals surface area (Å²) in [4.78, 5) is 10.2. The number of carbonyl (C=O) groups is 1. The van der Waals surface area contributed by atoms with Gasteiger partial charge >= 0.3 is 0 Å². The highest BCUT2D eigenvalue weighted by Crippen LogP contribution is 2.15. The molecule has 0 fully saturated rings. The van der Waals surface area contributed by atoms with Gasteiger partial charge in [0.05, 0.1) is 7.11 Å². The molecule has 88 valence electrons. The average Bonchev–Trinajstić information content (AvgIpc) is 2.27. The van der Waals surface area contributed by atoms with Crippen LogP contribution in [0.4, 0.5) is 0 Å². The number of methoxy groups -OCH3 is 1. The number of nitrogens with one attached hydrogen (secondary N) is 1. The second-order valence-electron chi connectivity index (χ2n) is 4.18. The molecule has 1 amide bonds. The normalized spacial score (nSPS) is 13.9. The van der Waals surface area contributed by atoms with Gasteiger partial charge in [0.25, 0.3) is 0 Å². The van der Waals surface area contributed by atoms with Crippen LogP contribution in [0.1, 0.15) is 12.5 Å². The second kappa shape index (κ2) is 5.51. The molecule has 1 aromatic carbocycles. The molecule has 0 bridgehead atoms. The summed E-state index contributed by atoms with van der Waals surface area (Å²) >= 11 is 0. The minimum Gasteiger partial charge on any atom is -0.497 e. The lowest BCUT2D eigenvalue weighted by molar-refractivity contribution is -0.109. The van der Waals surface area contributed by atoms with Gasteiger partial charge in [0, 0.05) is 12.1 Å². The number of carbonyl (C=O) groups excluding carboxylic acids is 1. The van der Waals surface area contributed by atoms with E-state index in [1.54, 1.807) is 7.11 Å². The molecule has 0 aromatic heterocycles. The highest BCUT2D eigenvalue weighted by atomic mass is 16.5. The van der Waals surface area contributed by atoms with Crippen LogP contribution in [0.5, 0.6) is 5.75 Å². The summed E-state index contributed by atoms with van der Waals surface area (Å²) < 4.78 is 5.07. The van der Waals surface area contributed by atoms with Crippen LogP contribution in [0, 0.1) is 0 Å². The van der Waals surface area contributed by atoms with Crippen molar-refractivity contribution in [2.75, 3.05) is 13.7 Å². The minimum atomic E-state index is -0.435. The first-order valence-corrected chi connectivity index (χ1v) is 5.16. The minimum absolute atomic E-state index is 0.435. The summed E-state index contributed by atoms with van der Waals surface area (Å²) in [5, 5.41) is 2.60. The summed E-state index contributed by atoms with van der Waals surface area (Å²) in [5.74, 6) is 0.827. The SMILES string of the molecule is COc1ccc(C[C@](C)(N)CNC=O)cc1. The number of benzene rings is 1. The van der Waals surface area contributed by atoms with Gasteiger partial charge in [0.1, 0.15) is 5.75 Å². The molecule has 0 spiro atoms. The maximum atomic E-state index is 10.2. The Labute approximate surface area is 95.8 Å². The van der Waals surface area contributed by atoms with Gasteiger partial charge in [-0.1, -0.05) is 12.1 Å². The predicted molar refractivity (Wildman–Crippen MR) is 63.4 cm³/mol. The number of hydrogen-bond acceptors (Lipinski definition) is 3. The highest BCUT2D eigenvalue weighted by Gasteiger charge is 2.18. The molecule has 3 N–H and O–H groups in total. The van der Waals surface area contributed by atoms with Gasteiger partial charge in [0.15, 0.2) is 0 Å². The summed E-state index contributed by atoms with van der Waals surface area (Å²) in [6, 6.07) is 7.76. The molecule has 1 aromatic rings. The van der Waals surface area contributed by atoms with E-state index in [2.05, 4.69) is 5.32 Å². The fraction of sp³-hybridized carbons (Fsp3) is 0.417. The van der Waals surface area contributed by atoms with Gasteiger partial charge in [-0.15, -0.1) is 0 Å². The van der Waals surface area contributed by atoms with Crippen LogP contribution in [0.25, 0.3) is 0 Å². The lowest BCUT2D eigenvalue weighted by atomic mass is 9.94. The van der Waals surface area contributed by atoms with Crippen molar-refractivity contribution in [3.63, 3.8) is 0 Å². The van der Waals surface area contributed by atoms with E-state index in [4.69, 9.17) is 10.5 Å². The van der Waals surface area contributed by atoms with Crippen LogP contribution >= 0.6 is 0 Å². The molecule has 1 atom stereocenters. The highest BCUT2D eigenvalue weighted by molar-refractivity contribution is 5.46. The van der Waals surface area contributed by atoms with Gasteiger partial charge in [-0.3, -0.25) is 4.79 Å². The van der Waals surface area contributed by atoms with E-state index in [0.29, 0.717) is 19.4 Å². The lowest BCUT2D eigenvalue weighted by Crippen LogP contribution is -2.47. The first kappa shape index (κ1) is 12.5. The molecule has 16 heavy (non-hydrogen) atoms. The van der Waals surface area contributed by atoms with E-state index in [1.807, 2.05) is 31.2 Å². The molecular weight excluding hydrogens is 204 g/mol. The standard InChI is InChI=1S/C12H18N2O2/c1-12(13,8-14-9-15)7-10-3-5-11(16-2)6-4-10/h3-6,9H,7-8,13H2,1-2H3,(H,14,15)/t12-/m0/s1.